The molecule has 0 unspecified atom stereocenters. The summed E-state index contributed by atoms with van der Waals surface area (Å²) in [7, 11) is 0. The summed E-state index contributed by atoms with van der Waals surface area (Å²) in [5.41, 5.74) is 0. The largest absolute Gasteiger partial charge is 0.355 e. The first-order valence-corrected chi connectivity index (χ1v) is 6.04. The third-order valence-corrected chi connectivity index (χ3v) is 2.44. The summed E-state index contributed by atoms with van der Waals surface area (Å²) < 4.78 is 1.92. The average Bonchev–Trinajstić information content (AvgIpc) is 2.67. The van der Waals surface area contributed by atoms with E-state index in [1.165, 1.54) is 0 Å². The highest BCUT2D eigenvalue weighted by Gasteiger charge is 2.06. The Kier molecular flexibility index (Phi) is 5.61. The van der Waals surface area contributed by atoms with Crippen molar-refractivity contribution in [2.45, 2.75) is 46.1 Å². The van der Waals surface area contributed by atoms with Crippen LogP contribution in [0.25, 0.3) is 0 Å². The number of nitrogens with one attached hydrogen (secondary N) is 1. The van der Waals surface area contributed by atoms with E-state index in [9.17, 15) is 4.79 Å². The van der Waals surface area contributed by atoms with Crippen molar-refractivity contribution in [1.82, 2.24) is 14.9 Å². The van der Waals surface area contributed by atoms with Crippen molar-refractivity contribution in [3.8, 4) is 0 Å². The van der Waals surface area contributed by atoms with Crippen molar-refractivity contribution in [1.29, 1.82) is 0 Å². The molecule has 0 bridgehead atoms. The second kappa shape index (κ2) is 7.04. The molecular formula is C12H21N3O. The molecule has 0 spiro atoms. The van der Waals surface area contributed by atoms with Crippen molar-refractivity contribution >= 4 is 5.91 Å². The van der Waals surface area contributed by atoms with Crippen LogP contribution >= 0.6 is 0 Å². The fourth-order valence-corrected chi connectivity index (χ4v) is 1.55. The summed E-state index contributed by atoms with van der Waals surface area (Å²) in [6, 6.07) is 0. The lowest BCUT2D eigenvalue weighted by molar-refractivity contribution is -0.121. The number of aryl methyl sites for hydroxylation is 1. The first-order valence-electron chi connectivity index (χ1n) is 6.04. The van der Waals surface area contributed by atoms with E-state index in [2.05, 4.69) is 24.1 Å². The van der Waals surface area contributed by atoms with Gasteiger partial charge in [0, 0.05) is 25.4 Å². The molecule has 1 heterocycles. The van der Waals surface area contributed by atoms with Crippen LogP contribution in [0.5, 0.6) is 0 Å². The van der Waals surface area contributed by atoms with Crippen LogP contribution in [0.4, 0.5) is 0 Å². The first-order chi connectivity index (χ1) is 7.77. The van der Waals surface area contributed by atoms with Crippen LogP contribution in [0.2, 0.25) is 0 Å². The number of carbonyl (C=O) groups is 1. The van der Waals surface area contributed by atoms with Gasteiger partial charge in [-0.05, 0) is 12.8 Å². The van der Waals surface area contributed by atoms with Gasteiger partial charge in [-0.3, -0.25) is 4.79 Å². The number of nitrogens with zero attached hydrogens (tertiary/aromatic N) is 2. The number of aromatic nitrogens is 2. The van der Waals surface area contributed by atoms with Crippen molar-refractivity contribution in [3.63, 3.8) is 0 Å². The smallest absolute Gasteiger partial charge is 0.239 e. The first kappa shape index (κ1) is 12.7. The van der Waals surface area contributed by atoms with Crippen LogP contribution in [0.3, 0.4) is 0 Å². The molecule has 0 radical (unpaired) electrons. The standard InChI is InChI=1S/C12H21N3O/c1-3-5-7-14-12(16)10-15-9-8-13-11(15)6-4-2/h8-9H,3-7,10H2,1-2H3,(H,14,16). The summed E-state index contributed by atoms with van der Waals surface area (Å²) in [4.78, 5) is 15.8. The van der Waals surface area contributed by atoms with E-state index in [0.29, 0.717) is 6.54 Å². The molecule has 90 valence electrons. The van der Waals surface area contributed by atoms with E-state index < -0.39 is 0 Å². The van der Waals surface area contributed by atoms with E-state index in [4.69, 9.17) is 0 Å². The second-order valence-electron chi connectivity index (χ2n) is 3.92. The molecule has 1 amide bonds. The van der Waals surface area contributed by atoms with Crippen molar-refractivity contribution < 1.29 is 4.79 Å². The van der Waals surface area contributed by atoms with Gasteiger partial charge in [0.1, 0.15) is 12.4 Å². The molecular weight excluding hydrogens is 202 g/mol. The van der Waals surface area contributed by atoms with Crippen LogP contribution in [-0.4, -0.2) is 22.0 Å². The van der Waals surface area contributed by atoms with Crippen LogP contribution in [-0.2, 0) is 17.8 Å². The van der Waals surface area contributed by atoms with Gasteiger partial charge in [-0.15, -0.1) is 0 Å². The Morgan fingerprint density at radius 1 is 1.44 bits per heavy atom. The maximum absolute atomic E-state index is 11.6. The third kappa shape index (κ3) is 4.04. The van der Waals surface area contributed by atoms with E-state index >= 15 is 0 Å². The number of unbranched alkanes of at least 4 members (excludes halogenated alkanes) is 1. The molecule has 1 N–H and O–H groups in total. The Hall–Kier alpha value is -1.32. The van der Waals surface area contributed by atoms with Gasteiger partial charge >= 0.3 is 0 Å². The quantitative estimate of drug-likeness (QED) is 0.716. The summed E-state index contributed by atoms with van der Waals surface area (Å²) in [5.74, 6) is 1.07. The fraction of sp³-hybridized carbons (Fsp3) is 0.667. The number of carbonyl (C=O) groups excluding carboxylic acids is 1. The number of hydrogen-bond acceptors (Lipinski definition) is 2. The summed E-state index contributed by atoms with van der Waals surface area (Å²) in [6.45, 7) is 5.38. The summed E-state index contributed by atoms with van der Waals surface area (Å²) >= 11 is 0. The SMILES string of the molecule is CCCCNC(=O)Cn1ccnc1CCC. The van der Waals surface area contributed by atoms with Gasteiger partial charge in [0.05, 0.1) is 0 Å². The number of imidazole rings is 1. The lowest BCUT2D eigenvalue weighted by Gasteiger charge is -2.07. The fourth-order valence-electron chi connectivity index (χ4n) is 1.55. The molecule has 1 aromatic rings. The molecule has 1 rings (SSSR count). The number of hydrogen-bond donors (Lipinski definition) is 1. The van der Waals surface area contributed by atoms with Gasteiger partial charge in [-0.1, -0.05) is 20.3 Å². The molecule has 16 heavy (non-hydrogen) atoms. The van der Waals surface area contributed by atoms with E-state index in [1.807, 2.05) is 10.8 Å². The molecule has 0 saturated heterocycles. The summed E-state index contributed by atoms with van der Waals surface area (Å²) in [6.07, 6.45) is 7.74. The van der Waals surface area contributed by atoms with Gasteiger partial charge in [-0.2, -0.15) is 0 Å². The average molecular weight is 223 g/mol. The lowest BCUT2D eigenvalue weighted by atomic mass is 10.3. The number of amides is 1. The molecule has 0 saturated carbocycles. The molecule has 4 nitrogen and oxygen atoms in total. The van der Waals surface area contributed by atoms with Crippen LogP contribution in [0.15, 0.2) is 12.4 Å². The van der Waals surface area contributed by atoms with Crippen LogP contribution < -0.4 is 5.32 Å². The predicted octanol–water partition coefficient (Wildman–Crippen LogP) is 1.75. The van der Waals surface area contributed by atoms with E-state index in [0.717, 1.165) is 38.1 Å². The normalized spacial score (nSPS) is 10.4. The topological polar surface area (TPSA) is 46.9 Å². The van der Waals surface area contributed by atoms with Crippen LogP contribution in [0, 0.1) is 0 Å². The maximum Gasteiger partial charge on any atom is 0.239 e. The van der Waals surface area contributed by atoms with E-state index in [1.54, 1.807) is 6.20 Å². The molecule has 0 fully saturated rings. The molecule has 1 aromatic heterocycles. The Morgan fingerprint density at radius 2 is 2.25 bits per heavy atom. The van der Waals surface area contributed by atoms with E-state index in [-0.39, 0.29) is 5.91 Å². The Balaban J connectivity index is 2.39. The lowest BCUT2D eigenvalue weighted by Crippen LogP contribution is -2.28. The molecule has 4 heteroatoms. The van der Waals surface area contributed by atoms with Gasteiger partial charge in [0.2, 0.25) is 5.91 Å². The monoisotopic (exact) mass is 223 g/mol. The van der Waals surface area contributed by atoms with Crippen molar-refractivity contribution in [2.24, 2.45) is 0 Å². The van der Waals surface area contributed by atoms with Gasteiger partial charge < -0.3 is 9.88 Å². The Morgan fingerprint density at radius 3 is 2.94 bits per heavy atom. The Labute approximate surface area is 97.1 Å². The molecule has 0 aliphatic rings. The van der Waals surface area contributed by atoms with Gasteiger partial charge in [-0.25, -0.2) is 4.98 Å². The minimum Gasteiger partial charge on any atom is -0.355 e. The minimum absolute atomic E-state index is 0.0730. The van der Waals surface area contributed by atoms with Gasteiger partial charge in [0.15, 0.2) is 0 Å². The molecule has 0 aliphatic carbocycles. The molecule has 0 aliphatic heterocycles. The van der Waals surface area contributed by atoms with Gasteiger partial charge in [0.25, 0.3) is 0 Å². The zero-order chi connectivity index (χ0) is 11.8. The third-order valence-electron chi connectivity index (χ3n) is 2.44. The molecule has 0 aromatic carbocycles. The van der Waals surface area contributed by atoms with Crippen molar-refractivity contribution in [3.05, 3.63) is 18.2 Å². The second-order valence-corrected chi connectivity index (χ2v) is 3.92. The zero-order valence-electron chi connectivity index (χ0n) is 10.2. The zero-order valence-corrected chi connectivity index (χ0v) is 10.2. The maximum atomic E-state index is 11.6. The predicted molar refractivity (Wildman–Crippen MR) is 64.1 cm³/mol. The number of rotatable bonds is 7. The Bertz CT molecular complexity index is 320. The van der Waals surface area contributed by atoms with Crippen molar-refractivity contribution in [2.75, 3.05) is 6.54 Å². The highest BCUT2D eigenvalue weighted by atomic mass is 16.1. The summed E-state index contributed by atoms with van der Waals surface area (Å²) in [5, 5.41) is 2.90. The minimum atomic E-state index is 0.0730. The highest BCUT2D eigenvalue weighted by Crippen LogP contribution is 2.00. The molecule has 0 atom stereocenters. The highest BCUT2D eigenvalue weighted by molar-refractivity contribution is 5.75. The van der Waals surface area contributed by atoms with Crippen LogP contribution in [0.1, 0.15) is 38.9 Å².